The lowest BCUT2D eigenvalue weighted by atomic mass is 10.4. The molecule has 0 bridgehead atoms. The first kappa shape index (κ1) is 14.2. The zero-order chi connectivity index (χ0) is 13.7. The maximum atomic E-state index is 5.84. The van der Waals surface area contributed by atoms with Crippen molar-refractivity contribution < 1.29 is 4.74 Å². The van der Waals surface area contributed by atoms with Crippen LogP contribution in [0.4, 0.5) is 5.69 Å². The molecule has 0 spiro atoms. The smallest absolute Gasteiger partial charge is 0.238 e. The summed E-state index contributed by atoms with van der Waals surface area (Å²) < 4.78 is 6.58. The van der Waals surface area contributed by atoms with Gasteiger partial charge in [-0.15, -0.1) is 0 Å². The van der Waals surface area contributed by atoms with Crippen molar-refractivity contribution >= 4 is 33.4 Å². The van der Waals surface area contributed by atoms with Gasteiger partial charge in [0.2, 0.25) is 5.88 Å². The molecule has 0 amide bonds. The minimum atomic E-state index is 0.516. The lowest BCUT2D eigenvalue weighted by molar-refractivity contribution is 0.305. The number of anilines is 1. The Kier molecular flexibility index (Phi) is 5.10. The van der Waals surface area contributed by atoms with Crippen LogP contribution in [0.25, 0.3) is 0 Å². The molecule has 19 heavy (non-hydrogen) atoms. The molecule has 0 atom stereocenters. The highest BCUT2D eigenvalue weighted by atomic mass is 79.9. The summed E-state index contributed by atoms with van der Waals surface area (Å²) in [5.74, 6) is 0.516. The molecule has 0 aliphatic rings. The monoisotopic (exact) mass is 338 g/mol. The van der Waals surface area contributed by atoms with Gasteiger partial charge in [-0.2, -0.15) is 0 Å². The molecule has 0 aliphatic heterocycles. The molecule has 0 saturated heterocycles. The van der Waals surface area contributed by atoms with E-state index in [-0.39, 0.29) is 0 Å². The van der Waals surface area contributed by atoms with E-state index in [9.17, 15) is 0 Å². The summed E-state index contributed by atoms with van der Waals surface area (Å²) >= 11 is 5.04. The fourth-order valence-electron chi connectivity index (χ4n) is 1.46. The maximum Gasteiger partial charge on any atom is 0.238 e. The van der Waals surface area contributed by atoms with Crippen LogP contribution in [0, 0.1) is 0 Å². The molecule has 2 aromatic rings. The van der Waals surface area contributed by atoms with Crippen LogP contribution >= 0.6 is 27.7 Å². The van der Waals surface area contributed by atoms with E-state index in [4.69, 9.17) is 10.5 Å². The highest BCUT2D eigenvalue weighted by Gasteiger charge is 2.06. The molecule has 3 nitrogen and oxygen atoms in total. The van der Waals surface area contributed by atoms with Gasteiger partial charge in [-0.1, -0.05) is 40.7 Å². The van der Waals surface area contributed by atoms with Crippen LogP contribution in [0.15, 0.2) is 50.8 Å². The number of aromatic nitrogens is 1. The Morgan fingerprint density at radius 3 is 2.89 bits per heavy atom. The summed E-state index contributed by atoms with van der Waals surface area (Å²) in [6.07, 6.45) is 0.935. The Labute approximate surface area is 125 Å². The normalized spacial score (nSPS) is 10.4. The van der Waals surface area contributed by atoms with Gasteiger partial charge in [0.05, 0.1) is 12.3 Å². The lowest BCUT2D eigenvalue weighted by Crippen LogP contribution is -2.01. The third kappa shape index (κ3) is 4.14. The molecule has 1 aromatic carbocycles. The van der Waals surface area contributed by atoms with Crippen molar-refractivity contribution in [2.45, 2.75) is 23.3 Å². The van der Waals surface area contributed by atoms with Crippen molar-refractivity contribution in [3.63, 3.8) is 0 Å². The van der Waals surface area contributed by atoms with Crippen LogP contribution in [0.1, 0.15) is 13.3 Å². The minimum Gasteiger partial charge on any atom is -0.476 e. The molecule has 5 heteroatoms. The third-order valence-electron chi connectivity index (χ3n) is 2.33. The number of pyridine rings is 1. The molecular formula is C14H15BrN2OS. The van der Waals surface area contributed by atoms with E-state index in [0.29, 0.717) is 18.2 Å². The Balaban J connectivity index is 2.16. The topological polar surface area (TPSA) is 48.1 Å². The number of benzene rings is 1. The van der Waals surface area contributed by atoms with Crippen molar-refractivity contribution in [2.24, 2.45) is 0 Å². The van der Waals surface area contributed by atoms with Gasteiger partial charge in [-0.25, -0.2) is 4.98 Å². The van der Waals surface area contributed by atoms with Crippen molar-refractivity contribution in [3.05, 3.63) is 40.9 Å². The summed E-state index contributed by atoms with van der Waals surface area (Å²) in [5.41, 5.74) is 6.42. The Hall–Kier alpha value is -1.20. The van der Waals surface area contributed by atoms with Crippen LogP contribution < -0.4 is 10.5 Å². The highest BCUT2D eigenvalue weighted by molar-refractivity contribution is 9.10. The van der Waals surface area contributed by atoms with Crippen LogP contribution in [-0.2, 0) is 0 Å². The van der Waals surface area contributed by atoms with Crippen LogP contribution in [0.2, 0.25) is 0 Å². The third-order valence-corrected chi connectivity index (χ3v) is 3.74. The Morgan fingerprint density at radius 2 is 2.16 bits per heavy atom. The molecular weight excluding hydrogens is 324 g/mol. The average molecular weight is 339 g/mol. The second kappa shape index (κ2) is 6.82. The second-order valence-corrected chi connectivity index (χ2v) is 5.96. The molecule has 0 saturated carbocycles. The van der Waals surface area contributed by atoms with Gasteiger partial charge in [0.25, 0.3) is 0 Å². The SMILES string of the molecule is CCCOc1nc(Sc2cccc(Br)c2)ccc1N. The fourth-order valence-corrected chi connectivity index (χ4v) is 2.85. The largest absolute Gasteiger partial charge is 0.476 e. The average Bonchev–Trinajstić information content (AvgIpc) is 2.39. The van der Waals surface area contributed by atoms with E-state index in [2.05, 4.69) is 33.9 Å². The number of hydrogen-bond donors (Lipinski definition) is 1. The molecule has 0 radical (unpaired) electrons. The molecule has 1 heterocycles. The standard InChI is InChI=1S/C14H15BrN2OS/c1-2-8-18-14-12(16)6-7-13(17-14)19-11-5-3-4-10(15)9-11/h3-7,9H,2,8,16H2,1H3. The quantitative estimate of drug-likeness (QED) is 0.879. The first-order chi connectivity index (χ1) is 9.19. The molecule has 1 aromatic heterocycles. The number of nitrogens with two attached hydrogens (primary N) is 1. The summed E-state index contributed by atoms with van der Waals surface area (Å²) in [5, 5.41) is 0.874. The number of halogens is 1. The Bertz CT molecular complexity index is 563. The van der Waals surface area contributed by atoms with Crippen molar-refractivity contribution in [1.29, 1.82) is 0 Å². The van der Waals surface area contributed by atoms with Crippen LogP contribution in [0.3, 0.4) is 0 Å². The predicted molar refractivity (Wildman–Crippen MR) is 82.7 cm³/mol. The first-order valence-corrected chi connectivity index (χ1v) is 7.62. The number of nitrogens with zero attached hydrogens (tertiary/aromatic N) is 1. The number of ether oxygens (including phenoxy) is 1. The molecule has 2 rings (SSSR count). The molecule has 0 fully saturated rings. The van der Waals surface area contributed by atoms with Gasteiger partial charge in [0.15, 0.2) is 0 Å². The van der Waals surface area contributed by atoms with Crippen molar-refractivity contribution in [3.8, 4) is 5.88 Å². The van der Waals surface area contributed by atoms with Gasteiger partial charge in [-0.05, 0) is 36.8 Å². The molecule has 0 unspecified atom stereocenters. The number of hydrogen-bond acceptors (Lipinski definition) is 4. The van der Waals surface area contributed by atoms with Crippen molar-refractivity contribution in [1.82, 2.24) is 4.98 Å². The molecule has 100 valence electrons. The second-order valence-electron chi connectivity index (χ2n) is 3.95. The van der Waals surface area contributed by atoms with Gasteiger partial charge < -0.3 is 10.5 Å². The first-order valence-electron chi connectivity index (χ1n) is 6.02. The van der Waals surface area contributed by atoms with E-state index in [1.54, 1.807) is 11.8 Å². The van der Waals surface area contributed by atoms with Gasteiger partial charge in [0.1, 0.15) is 5.03 Å². The van der Waals surface area contributed by atoms with Gasteiger partial charge in [0, 0.05) is 9.37 Å². The van der Waals surface area contributed by atoms with E-state index in [1.807, 2.05) is 30.3 Å². The van der Waals surface area contributed by atoms with E-state index in [1.165, 1.54) is 0 Å². The fraction of sp³-hybridized carbons (Fsp3) is 0.214. The number of nitrogen functional groups attached to an aromatic ring is 1. The van der Waals surface area contributed by atoms with Crippen LogP contribution in [0.5, 0.6) is 5.88 Å². The summed E-state index contributed by atoms with van der Waals surface area (Å²) in [4.78, 5) is 5.55. The number of rotatable bonds is 5. The molecule has 0 aliphatic carbocycles. The van der Waals surface area contributed by atoms with Gasteiger partial charge >= 0.3 is 0 Å². The summed E-state index contributed by atoms with van der Waals surface area (Å²) in [7, 11) is 0. The summed E-state index contributed by atoms with van der Waals surface area (Å²) in [6.45, 7) is 2.68. The van der Waals surface area contributed by atoms with Crippen LogP contribution in [-0.4, -0.2) is 11.6 Å². The minimum absolute atomic E-state index is 0.516. The van der Waals surface area contributed by atoms with E-state index < -0.39 is 0 Å². The Morgan fingerprint density at radius 1 is 1.32 bits per heavy atom. The highest BCUT2D eigenvalue weighted by Crippen LogP contribution is 2.31. The zero-order valence-electron chi connectivity index (χ0n) is 10.6. The van der Waals surface area contributed by atoms with E-state index >= 15 is 0 Å². The van der Waals surface area contributed by atoms with Crippen molar-refractivity contribution in [2.75, 3.05) is 12.3 Å². The predicted octanol–water partition coefficient (Wildman–Crippen LogP) is 4.37. The zero-order valence-corrected chi connectivity index (χ0v) is 13.0. The lowest BCUT2D eigenvalue weighted by Gasteiger charge is -2.08. The van der Waals surface area contributed by atoms with Gasteiger partial charge in [-0.3, -0.25) is 0 Å². The van der Waals surface area contributed by atoms with E-state index in [0.717, 1.165) is 20.8 Å². The molecule has 2 N–H and O–H groups in total. The summed E-state index contributed by atoms with van der Waals surface area (Å²) in [6, 6.07) is 11.8. The maximum absolute atomic E-state index is 5.84.